The van der Waals surface area contributed by atoms with Gasteiger partial charge in [0.15, 0.2) is 0 Å². The first-order valence-electron chi connectivity index (χ1n) is 8.23. The number of fused-ring (bicyclic) bond motifs is 1. The van der Waals surface area contributed by atoms with Gasteiger partial charge in [-0.3, -0.25) is 4.79 Å². The fourth-order valence-electron chi connectivity index (χ4n) is 2.80. The summed E-state index contributed by atoms with van der Waals surface area (Å²) in [6.45, 7) is 2.82. The molecule has 130 valence electrons. The molecular formula is C20H21FN2O2. The van der Waals surface area contributed by atoms with Gasteiger partial charge in [0, 0.05) is 23.6 Å². The third kappa shape index (κ3) is 3.99. The molecule has 0 aliphatic carbocycles. The molecule has 0 spiro atoms. The number of hydrogen-bond acceptors (Lipinski definition) is 2. The van der Waals surface area contributed by atoms with Crippen molar-refractivity contribution in [2.75, 3.05) is 20.2 Å². The van der Waals surface area contributed by atoms with Gasteiger partial charge in [-0.2, -0.15) is 0 Å². The Balaban J connectivity index is 1.57. The Labute approximate surface area is 146 Å². The van der Waals surface area contributed by atoms with Crippen LogP contribution in [0.15, 0.2) is 48.5 Å². The fraction of sp³-hybridized carbons (Fsp3) is 0.250. The second-order valence-corrected chi connectivity index (χ2v) is 6.07. The Kier molecular flexibility index (Phi) is 5.03. The van der Waals surface area contributed by atoms with Crippen LogP contribution in [0.1, 0.15) is 11.3 Å². The highest BCUT2D eigenvalue weighted by atomic mass is 19.1. The molecule has 0 atom stereocenters. The number of nitrogens with one attached hydrogen (secondary N) is 1. The molecule has 0 fully saturated rings. The normalized spacial score (nSPS) is 10.8. The van der Waals surface area contributed by atoms with Crippen LogP contribution in [0.4, 0.5) is 4.39 Å². The van der Waals surface area contributed by atoms with Crippen LogP contribution < -0.4 is 4.74 Å². The SMILES string of the molecule is Cc1[nH]c2ccccc2c1CC(=O)N(C)CCOc1ccc(F)cc1. The zero-order chi connectivity index (χ0) is 17.8. The van der Waals surface area contributed by atoms with Gasteiger partial charge in [0.25, 0.3) is 0 Å². The van der Waals surface area contributed by atoms with E-state index in [4.69, 9.17) is 4.74 Å². The van der Waals surface area contributed by atoms with Crippen molar-refractivity contribution in [2.24, 2.45) is 0 Å². The number of H-pyrrole nitrogens is 1. The molecule has 3 rings (SSSR count). The summed E-state index contributed by atoms with van der Waals surface area (Å²) >= 11 is 0. The predicted molar refractivity (Wildman–Crippen MR) is 96.3 cm³/mol. The van der Waals surface area contributed by atoms with Gasteiger partial charge in [0.05, 0.1) is 13.0 Å². The monoisotopic (exact) mass is 340 g/mol. The van der Waals surface area contributed by atoms with Crippen molar-refractivity contribution in [1.29, 1.82) is 0 Å². The first-order chi connectivity index (χ1) is 12.0. The largest absolute Gasteiger partial charge is 0.492 e. The molecule has 3 aromatic rings. The van der Waals surface area contributed by atoms with Crippen LogP contribution in [0.5, 0.6) is 5.75 Å². The highest BCUT2D eigenvalue weighted by Crippen LogP contribution is 2.22. The van der Waals surface area contributed by atoms with E-state index in [1.54, 1.807) is 24.1 Å². The lowest BCUT2D eigenvalue weighted by Crippen LogP contribution is -2.32. The Morgan fingerprint density at radius 2 is 1.88 bits per heavy atom. The molecule has 1 aromatic heterocycles. The van der Waals surface area contributed by atoms with Gasteiger partial charge in [0.2, 0.25) is 5.91 Å². The van der Waals surface area contributed by atoms with Crippen molar-refractivity contribution < 1.29 is 13.9 Å². The van der Waals surface area contributed by atoms with E-state index >= 15 is 0 Å². The number of carbonyl (C=O) groups excluding carboxylic acids is 1. The number of benzene rings is 2. The fourth-order valence-corrected chi connectivity index (χ4v) is 2.80. The van der Waals surface area contributed by atoms with Crippen molar-refractivity contribution in [3.63, 3.8) is 0 Å². The molecular weight excluding hydrogens is 319 g/mol. The summed E-state index contributed by atoms with van der Waals surface area (Å²) in [4.78, 5) is 17.5. The van der Waals surface area contributed by atoms with Crippen LogP contribution in [0, 0.1) is 12.7 Å². The van der Waals surface area contributed by atoms with E-state index in [1.165, 1.54) is 12.1 Å². The standard InChI is InChI=1S/C20H21FN2O2/c1-14-18(17-5-3-4-6-19(17)22-14)13-20(24)23(2)11-12-25-16-9-7-15(21)8-10-16/h3-10,22H,11-13H2,1-2H3. The summed E-state index contributed by atoms with van der Waals surface area (Å²) in [5.41, 5.74) is 3.10. The summed E-state index contributed by atoms with van der Waals surface area (Å²) in [7, 11) is 1.76. The number of para-hydroxylation sites is 1. The molecule has 5 heteroatoms. The van der Waals surface area contributed by atoms with Crippen LogP contribution in [0.2, 0.25) is 0 Å². The molecule has 0 aliphatic heterocycles. The van der Waals surface area contributed by atoms with E-state index in [9.17, 15) is 9.18 Å². The molecule has 0 saturated heterocycles. The van der Waals surface area contributed by atoms with Gasteiger partial charge >= 0.3 is 0 Å². The number of nitrogens with zero attached hydrogens (tertiary/aromatic N) is 1. The Morgan fingerprint density at radius 1 is 1.16 bits per heavy atom. The molecule has 1 heterocycles. The van der Waals surface area contributed by atoms with E-state index in [-0.39, 0.29) is 11.7 Å². The summed E-state index contributed by atoms with van der Waals surface area (Å²) in [5, 5.41) is 1.09. The third-order valence-corrected chi connectivity index (χ3v) is 4.29. The van der Waals surface area contributed by atoms with Crippen molar-refractivity contribution in [3.8, 4) is 5.75 Å². The van der Waals surface area contributed by atoms with E-state index in [0.717, 1.165) is 22.2 Å². The second-order valence-electron chi connectivity index (χ2n) is 6.07. The molecule has 0 unspecified atom stereocenters. The molecule has 25 heavy (non-hydrogen) atoms. The first kappa shape index (κ1) is 17.0. The van der Waals surface area contributed by atoms with Gasteiger partial charge in [-0.05, 0) is 42.8 Å². The number of aromatic nitrogens is 1. The lowest BCUT2D eigenvalue weighted by molar-refractivity contribution is -0.129. The summed E-state index contributed by atoms with van der Waals surface area (Å²) in [5.74, 6) is 0.332. The second kappa shape index (κ2) is 7.38. The number of aryl methyl sites for hydroxylation is 1. The maximum Gasteiger partial charge on any atom is 0.226 e. The minimum absolute atomic E-state index is 0.0376. The highest BCUT2D eigenvalue weighted by molar-refractivity contribution is 5.90. The van der Waals surface area contributed by atoms with Crippen molar-refractivity contribution in [1.82, 2.24) is 9.88 Å². The molecule has 1 N–H and O–H groups in total. The molecule has 0 saturated carbocycles. The number of hydrogen-bond donors (Lipinski definition) is 1. The number of amides is 1. The summed E-state index contributed by atoms with van der Waals surface area (Å²) < 4.78 is 18.4. The van der Waals surface area contributed by atoms with Crippen molar-refractivity contribution >= 4 is 16.8 Å². The maximum atomic E-state index is 12.9. The summed E-state index contributed by atoms with van der Waals surface area (Å²) in [6, 6.07) is 13.8. The quantitative estimate of drug-likeness (QED) is 0.744. The number of aromatic amines is 1. The van der Waals surface area contributed by atoms with Gasteiger partial charge < -0.3 is 14.6 Å². The van der Waals surface area contributed by atoms with Crippen LogP contribution in [0.25, 0.3) is 10.9 Å². The average Bonchev–Trinajstić information content (AvgIpc) is 2.92. The van der Waals surface area contributed by atoms with Gasteiger partial charge in [0.1, 0.15) is 18.2 Å². The van der Waals surface area contributed by atoms with E-state index < -0.39 is 0 Å². The molecule has 2 aromatic carbocycles. The van der Waals surface area contributed by atoms with Crippen LogP contribution in [0.3, 0.4) is 0 Å². The lowest BCUT2D eigenvalue weighted by Gasteiger charge is -2.17. The van der Waals surface area contributed by atoms with Crippen LogP contribution in [-0.2, 0) is 11.2 Å². The molecule has 4 nitrogen and oxygen atoms in total. The molecule has 0 radical (unpaired) electrons. The third-order valence-electron chi connectivity index (χ3n) is 4.29. The van der Waals surface area contributed by atoms with E-state index in [2.05, 4.69) is 4.98 Å². The highest BCUT2D eigenvalue weighted by Gasteiger charge is 2.15. The minimum Gasteiger partial charge on any atom is -0.492 e. The Bertz CT molecular complexity index is 871. The van der Waals surface area contributed by atoms with Gasteiger partial charge in [-0.1, -0.05) is 18.2 Å². The van der Waals surface area contributed by atoms with Crippen LogP contribution >= 0.6 is 0 Å². The predicted octanol–water partition coefficient (Wildman–Crippen LogP) is 3.70. The zero-order valence-electron chi connectivity index (χ0n) is 14.4. The zero-order valence-corrected chi connectivity index (χ0v) is 14.4. The smallest absolute Gasteiger partial charge is 0.226 e. The van der Waals surface area contributed by atoms with E-state index in [1.807, 2.05) is 31.2 Å². The maximum absolute atomic E-state index is 12.9. The lowest BCUT2D eigenvalue weighted by atomic mass is 10.1. The summed E-state index contributed by atoms with van der Waals surface area (Å²) in [6.07, 6.45) is 0.350. The Hall–Kier alpha value is -2.82. The average molecular weight is 340 g/mol. The van der Waals surface area contributed by atoms with Gasteiger partial charge in [-0.25, -0.2) is 4.39 Å². The first-order valence-corrected chi connectivity index (χ1v) is 8.23. The number of halogens is 1. The van der Waals surface area contributed by atoms with Crippen molar-refractivity contribution in [3.05, 3.63) is 65.6 Å². The minimum atomic E-state index is -0.297. The van der Waals surface area contributed by atoms with Crippen LogP contribution in [-0.4, -0.2) is 36.0 Å². The number of rotatable bonds is 6. The number of likely N-dealkylation sites (N-methyl/N-ethyl adjacent to an activating group) is 1. The Morgan fingerprint density at radius 3 is 2.64 bits per heavy atom. The van der Waals surface area contributed by atoms with Crippen molar-refractivity contribution in [2.45, 2.75) is 13.3 Å². The topological polar surface area (TPSA) is 45.3 Å². The van der Waals surface area contributed by atoms with E-state index in [0.29, 0.717) is 25.3 Å². The molecule has 0 bridgehead atoms. The molecule has 1 amide bonds. The number of ether oxygens (including phenoxy) is 1. The van der Waals surface area contributed by atoms with Gasteiger partial charge in [-0.15, -0.1) is 0 Å². The molecule has 0 aliphatic rings. The number of carbonyl (C=O) groups is 1.